The summed E-state index contributed by atoms with van der Waals surface area (Å²) < 4.78 is 11.1. The molecule has 2 saturated carbocycles. The number of allylic oxidation sites excluding steroid dienone is 1. The van der Waals surface area contributed by atoms with Crippen molar-refractivity contribution in [2.75, 3.05) is 0 Å². The van der Waals surface area contributed by atoms with Crippen molar-refractivity contribution < 1.29 is 24.2 Å². The Labute approximate surface area is 149 Å². The molecule has 0 spiro atoms. The zero-order valence-electron chi connectivity index (χ0n) is 15.7. The van der Waals surface area contributed by atoms with Crippen LogP contribution in [0, 0.1) is 17.3 Å². The molecule has 1 N–H and O–H groups in total. The summed E-state index contributed by atoms with van der Waals surface area (Å²) in [7, 11) is 0. The first kappa shape index (κ1) is 18.2. The SMILES string of the molecule is CC=C(C)C(=O)OC1CCC(C)C2(C)CC3=C(C)C(=O)OC3(O)CC12. The molecule has 1 aliphatic heterocycles. The van der Waals surface area contributed by atoms with E-state index in [1.54, 1.807) is 19.9 Å². The number of hydrogen-bond donors (Lipinski definition) is 1. The Kier molecular flexibility index (Phi) is 4.34. The Morgan fingerprint density at radius 1 is 1.40 bits per heavy atom. The molecule has 3 rings (SSSR count). The highest BCUT2D eigenvalue weighted by Gasteiger charge is 2.60. The molecule has 1 heterocycles. The van der Waals surface area contributed by atoms with E-state index >= 15 is 0 Å². The molecule has 5 nitrogen and oxygen atoms in total. The molecule has 138 valence electrons. The van der Waals surface area contributed by atoms with Crippen LogP contribution in [0.3, 0.4) is 0 Å². The summed E-state index contributed by atoms with van der Waals surface area (Å²) in [6.45, 7) is 9.67. The fourth-order valence-corrected chi connectivity index (χ4v) is 4.72. The smallest absolute Gasteiger partial charge is 0.336 e. The van der Waals surface area contributed by atoms with Crippen molar-refractivity contribution in [3.63, 3.8) is 0 Å². The quantitative estimate of drug-likeness (QED) is 0.612. The molecular weight excluding hydrogens is 320 g/mol. The molecule has 0 bridgehead atoms. The predicted molar refractivity (Wildman–Crippen MR) is 92.3 cm³/mol. The zero-order chi connectivity index (χ0) is 18.6. The van der Waals surface area contributed by atoms with Gasteiger partial charge in [0.15, 0.2) is 0 Å². The number of carbonyl (C=O) groups is 2. The second kappa shape index (κ2) is 5.97. The van der Waals surface area contributed by atoms with E-state index in [4.69, 9.17) is 9.47 Å². The number of aliphatic hydroxyl groups is 1. The predicted octanol–water partition coefficient (Wildman–Crippen LogP) is 3.27. The standard InChI is InChI=1S/C20H28O5/c1-6-11(2)17(21)24-16-8-7-12(3)19(5)9-14-13(4)18(22)25-20(14,23)10-15(16)19/h6,12,15-16,23H,7-10H2,1-5H3. The highest BCUT2D eigenvalue weighted by atomic mass is 16.7. The van der Waals surface area contributed by atoms with Gasteiger partial charge in [-0.1, -0.05) is 19.9 Å². The second-order valence-corrected chi connectivity index (χ2v) is 8.16. The minimum Gasteiger partial charge on any atom is -0.459 e. The lowest BCUT2D eigenvalue weighted by molar-refractivity contribution is -0.218. The van der Waals surface area contributed by atoms with Gasteiger partial charge in [-0.2, -0.15) is 0 Å². The van der Waals surface area contributed by atoms with Crippen molar-refractivity contribution >= 4 is 11.9 Å². The maximum Gasteiger partial charge on any atom is 0.336 e. The van der Waals surface area contributed by atoms with Crippen LogP contribution >= 0.6 is 0 Å². The van der Waals surface area contributed by atoms with Gasteiger partial charge in [0.1, 0.15) is 6.10 Å². The fourth-order valence-electron chi connectivity index (χ4n) is 4.72. The van der Waals surface area contributed by atoms with E-state index in [0.717, 1.165) is 12.8 Å². The summed E-state index contributed by atoms with van der Waals surface area (Å²) in [6, 6.07) is 0. The van der Waals surface area contributed by atoms with Crippen molar-refractivity contribution in [2.24, 2.45) is 17.3 Å². The van der Waals surface area contributed by atoms with Crippen LogP contribution in [-0.4, -0.2) is 28.9 Å². The van der Waals surface area contributed by atoms with Gasteiger partial charge in [0.25, 0.3) is 0 Å². The number of hydrogen-bond acceptors (Lipinski definition) is 5. The first-order valence-corrected chi connectivity index (χ1v) is 9.12. The molecule has 3 aliphatic rings. The summed E-state index contributed by atoms with van der Waals surface area (Å²) in [6.07, 6.45) is 4.09. The normalized spacial score (nSPS) is 41.1. The van der Waals surface area contributed by atoms with Gasteiger partial charge in [-0.25, -0.2) is 9.59 Å². The maximum absolute atomic E-state index is 12.3. The van der Waals surface area contributed by atoms with E-state index in [1.165, 1.54) is 0 Å². The van der Waals surface area contributed by atoms with Crippen LogP contribution in [0.2, 0.25) is 0 Å². The van der Waals surface area contributed by atoms with Crippen LogP contribution in [0.5, 0.6) is 0 Å². The minimum absolute atomic E-state index is 0.0442. The van der Waals surface area contributed by atoms with Crippen molar-refractivity contribution in [3.05, 3.63) is 22.8 Å². The molecule has 2 aliphatic carbocycles. The van der Waals surface area contributed by atoms with Gasteiger partial charge in [-0.05, 0) is 51.4 Å². The molecule has 2 fully saturated rings. The lowest BCUT2D eigenvalue weighted by Gasteiger charge is -2.55. The van der Waals surface area contributed by atoms with E-state index in [2.05, 4.69) is 13.8 Å². The van der Waals surface area contributed by atoms with E-state index < -0.39 is 11.8 Å². The van der Waals surface area contributed by atoms with E-state index in [0.29, 0.717) is 35.5 Å². The molecule has 0 radical (unpaired) electrons. The van der Waals surface area contributed by atoms with Crippen LogP contribution < -0.4 is 0 Å². The molecule has 5 unspecified atom stereocenters. The summed E-state index contributed by atoms with van der Waals surface area (Å²) in [5.74, 6) is -1.92. The Morgan fingerprint density at radius 2 is 2.08 bits per heavy atom. The van der Waals surface area contributed by atoms with E-state index in [9.17, 15) is 14.7 Å². The average Bonchev–Trinajstić information content (AvgIpc) is 2.78. The fraction of sp³-hybridized carbons (Fsp3) is 0.700. The van der Waals surface area contributed by atoms with E-state index in [1.807, 2.05) is 6.92 Å². The van der Waals surface area contributed by atoms with Crippen LogP contribution in [0.1, 0.15) is 60.3 Å². The lowest BCUT2D eigenvalue weighted by atomic mass is 9.53. The maximum atomic E-state index is 12.3. The number of esters is 2. The molecule has 5 heteroatoms. The number of carbonyl (C=O) groups excluding carboxylic acids is 2. The summed E-state index contributed by atoms with van der Waals surface area (Å²) in [5.41, 5.74) is 1.68. The van der Waals surface area contributed by atoms with Gasteiger partial charge < -0.3 is 14.6 Å². The summed E-state index contributed by atoms with van der Waals surface area (Å²) >= 11 is 0. The Hall–Kier alpha value is -1.62. The molecule has 25 heavy (non-hydrogen) atoms. The Bertz CT molecular complexity index is 676. The minimum atomic E-state index is -1.54. The third-order valence-corrected chi connectivity index (χ3v) is 6.87. The van der Waals surface area contributed by atoms with Crippen LogP contribution in [-0.2, 0) is 19.1 Å². The van der Waals surface area contributed by atoms with Gasteiger partial charge in [0, 0.05) is 29.1 Å². The van der Waals surface area contributed by atoms with Crippen LogP contribution in [0.15, 0.2) is 22.8 Å². The van der Waals surface area contributed by atoms with Gasteiger partial charge in [0.2, 0.25) is 5.79 Å². The monoisotopic (exact) mass is 348 g/mol. The lowest BCUT2D eigenvalue weighted by Crippen LogP contribution is -2.55. The van der Waals surface area contributed by atoms with Crippen LogP contribution in [0.4, 0.5) is 0 Å². The Balaban J connectivity index is 1.93. The first-order valence-electron chi connectivity index (χ1n) is 9.12. The molecule has 0 aromatic rings. The van der Waals surface area contributed by atoms with Crippen molar-refractivity contribution in [3.8, 4) is 0 Å². The molecule has 0 amide bonds. The first-order chi connectivity index (χ1) is 11.6. The molecule has 0 saturated heterocycles. The highest BCUT2D eigenvalue weighted by Crippen LogP contribution is 2.59. The molecule has 0 aromatic heterocycles. The largest absolute Gasteiger partial charge is 0.459 e. The number of rotatable bonds is 2. The zero-order valence-corrected chi connectivity index (χ0v) is 15.7. The van der Waals surface area contributed by atoms with E-state index in [-0.39, 0.29) is 23.4 Å². The molecular formula is C20H28O5. The Morgan fingerprint density at radius 3 is 2.72 bits per heavy atom. The average molecular weight is 348 g/mol. The third kappa shape index (κ3) is 2.73. The topological polar surface area (TPSA) is 72.8 Å². The third-order valence-electron chi connectivity index (χ3n) is 6.87. The van der Waals surface area contributed by atoms with Crippen molar-refractivity contribution in [1.29, 1.82) is 0 Å². The number of ether oxygens (including phenoxy) is 2. The summed E-state index contributed by atoms with van der Waals surface area (Å²) in [4.78, 5) is 24.3. The van der Waals surface area contributed by atoms with Crippen molar-refractivity contribution in [1.82, 2.24) is 0 Å². The number of fused-ring (bicyclic) bond motifs is 2. The molecule has 5 atom stereocenters. The van der Waals surface area contributed by atoms with Gasteiger partial charge >= 0.3 is 11.9 Å². The van der Waals surface area contributed by atoms with Gasteiger partial charge in [0.05, 0.1) is 0 Å². The second-order valence-electron chi connectivity index (χ2n) is 8.16. The highest BCUT2D eigenvalue weighted by molar-refractivity contribution is 5.92. The van der Waals surface area contributed by atoms with Crippen molar-refractivity contribution in [2.45, 2.75) is 72.2 Å². The summed E-state index contributed by atoms with van der Waals surface area (Å²) in [5, 5.41) is 10.9. The van der Waals surface area contributed by atoms with Gasteiger partial charge in [-0.15, -0.1) is 0 Å². The van der Waals surface area contributed by atoms with Crippen LogP contribution in [0.25, 0.3) is 0 Å². The van der Waals surface area contributed by atoms with Gasteiger partial charge in [-0.3, -0.25) is 0 Å². The molecule has 0 aromatic carbocycles.